The number of nitrogens with zero attached hydrogens (tertiary/aromatic N) is 4. The first-order valence-electron chi connectivity index (χ1n) is 10.3. The second kappa shape index (κ2) is 6.88. The molecule has 1 saturated carbocycles. The average Bonchev–Trinajstić information content (AvgIpc) is 3.12. The standard InChI is InChI=1S/C23H24FN5O2/c1-23(2,30)17-7-5-4-6-15(17)12-8-13(9-12)20-27-21-16-10-14(24)11-18(31-3)19(16)26-22(25)29(21)28-20/h4-7,10-13,30H,8-9H2,1-3H3,(H2,25,26)/t12-,13+. The van der Waals surface area contributed by atoms with E-state index in [1.54, 1.807) is 13.8 Å². The molecule has 2 aromatic heterocycles. The van der Waals surface area contributed by atoms with Crippen molar-refractivity contribution in [1.29, 1.82) is 0 Å². The van der Waals surface area contributed by atoms with Gasteiger partial charge in [0.25, 0.3) is 0 Å². The molecule has 7 nitrogen and oxygen atoms in total. The average molecular weight is 421 g/mol. The predicted octanol–water partition coefficient (Wildman–Crippen LogP) is 3.90. The molecular formula is C23H24FN5O2. The minimum absolute atomic E-state index is 0.157. The summed E-state index contributed by atoms with van der Waals surface area (Å²) in [5.41, 5.74) is 8.25. The third kappa shape index (κ3) is 3.18. The lowest BCUT2D eigenvalue weighted by Gasteiger charge is -2.36. The molecule has 0 radical (unpaired) electrons. The normalized spacial score (nSPS) is 19.0. The van der Waals surface area contributed by atoms with E-state index in [0.29, 0.717) is 34.0 Å². The Labute approximate surface area is 178 Å². The van der Waals surface area contributed by atoms with Crippen molar-refractivity contribution < 1.29 is 14.2 Å². The Morgan fingerprint density at radius 1 is 1.16 bits per heavy atom. The van der Waals surface area contributed by atoms with Crippen molar-refractivity contribution in [2.45, 2.75) is 44.1 Å². The van der Waals surface area contributed by atoms with E-state index < -0.39 is 11.4 Å². The van der Waals surface area contributed by atoms with Crippen molar-refractivity contribution in [1.82, 2.24) is 19.6 Å². The molecule has 0 unspecified atom stereocenters. The van der Waals surface area contributed by atoms with Gasteiger partial charge in [-0.3, -0.25) is 0 Å². The summed E-state index contributed by atoms with van der Waals surface area (Å²) < 4.78 is 20.8. The van der Waals surface area contributed by atoms with E-state index in [0.717, 1.165) is 24.0 Å². The van der Waals surface area contributed by atoms with Gasteiger partial charge in [0.05, 0.1) is 18.1 Å². The highest BCUT2D eigenvalue weighted by molar-refractivity contribution is 5.95. The van der Waals surface area contributed by atoms with Gasteiger partial charge in [-0.25, -0.2) is 14.4 Å². The Bertz CT molecular complexity index is 1310. The molecular weight excluding hydrogens is 397 g/mol. The number of fused-ring (bicyclic) bond motifs is 3. The van der Waals surface area contributed by atoms with Gasteiger partial charge in [0.2, 0.25) is 5.95 Å². The number of rotatable bonds is 4. The summed E-state index contributed by atoms with van der Waals surface area (Å²) >= 11 is 0. The van der Waals surface area contributed by atoms with Crippen molar-refractivity contribution in [3.8, 4) is 5.75 Å². The summed E-state index contributed by atoms with van der Waals surface area (Å²) in [6, 6.07) is 10.7. The Morgan fingerprint density at radius 3 is 2.61 bits per heavy atom. The molecule has 0 aliphatic heterocycles. The largest absolute Gasteiger partial charge is 0.494 e. The SMILES string of the molecule is COc1cc(F)cc2c1nc(N)n1nc([C@H]3C[C@@H](c4ccccc4C(C)(C)O)C3)nc21. The summed E-state index contributed by atoms with van der Waals surface area (Å²) in [5, 5.41) is 15.6. The minimum atomic E-state index is -0.898. The smallest absolute Gasteiger partial charge is 0.223 e. The fourth-order valence-electron chi connectivity index (χ4n) is 4.51. The van der Waals surface area contributed by atoms with Crippen LogP contribution in [0.15, 0.2) is 36.4 Å². The van der Waals surface area contributed by atoms with Crippen LogP contribution in [0.4, 0.5) is 10.3 Å². The maximum Gasteiger partial charge on any atom is 0.223 e. The van der Waals surface area contributed by atoms with Gasteiger partial charge >= 0.3 is 0 Å². The third-order valence-corrected chi connectivity index (χ3v) is 6.13. The van der Waals surface area contributed by atoms with Crippen LogP contribution < -0.4 is 10.5 Å². The third-order valence-electron chi connectivity index (χ3n) is 6.13. The van der Waals surface area contributed by atoms with E-state index in [1.165, 1.54) is 23.8 Å². The van der Waals surface area contributed by atoms with Crippen LogP contribution in [0, 0.1) is 5.82 Å². The van der Waals surface area contributed by atoms with Gasteiger partial charge in [-0.05, 0) is 49.8 Å². The molecule has 1 fully saturated rings. The molecule has 160 valence electrons. The Morgan fingerprint density at radius 2 is 1.90 bits per heavy atom. The molecule has 0 bridgehead atoms. The summed E-state index contributed by atoms with van der Waals surface area (Å²) in [5.74, 6) is 1.19. The molecule has 1 aliphatic carbocycles. The van der Waals surface area contributed by atoms with Gasteiger partial charge in [-0.1, -0.05) is 24.3 Å². The fraction of sp³-hybridized carbons (Fsp3) is 0.348. The number of nitrogens with two attached hydrogens (primary N) is 1. The molecule has 5 rings (SSSR count). The van der Waals surface area contributed by atoms with Crippen LogP contribution in [0.1, 0.15) is 55.5 Å². The van der Waals surface area contributed by atoms with Crippen molar-refractivity contribution in [2.24, 2.45) is 0 Å². The number of halogens is 1. The summed E-state index contributed by atoms with van der Waals surface area (Å²) in [6.07, 6.45) is 1.74. The zero-order valence-corrected chi connectivity index (χ0v) is 17.6. The van der Waals surface area contributed by atoms with Gasteiger partial charge in [-0.2, -0.15) is 4.52 Å². The second-order valence-corrected chi connectivity index (χ2v) is 8.69. The lowest BCUT2D eigenvalue weighted by atomic mass is 9.69. The zero-order valence-electron chi connectivity index (χ0n) is 17.6. The van der Waals surface area contributed by atoms with E-state index >= 15 is 0 Å². The highest BCUT2D eigenvalue weighted by Crippen LogP contribution is 2.48. The monoisotopic (exact) mass is 421 g/mol. The first-order valence-corrected chi connectivity index (χ1v) is 10.3. The van der Waals surface area contributed by atoms with E-state index in [9.17, 15) is 9.50 Å². The van der Waals surface area contributed by atoms with Crippen LogP contribution in [0.5, 0.6) is 5.75 Å². The number of hydrogen-bond acceptors (Lipinski definition) is 6. The lowest BCUT2D eigenvalue weighted by Crippen LogP contribution is -2.26. The zero-order chi connectivity index (χ0) is 21.9. The molecule has 1 aliphatic rings. The molecule has 2 heterocycles. The summed E-state index contributed by atoms with van der Waals surface area (Å²) in [4.78, 5) is 9.05. The van der Waals surface area contributed by atoms with Gasteiger partial charge in [0.15, 0.2) is 11.5 Å². The molecule has 4 aromatic rings. The van der Waals surface area contributed by atoms with Crippen LogP contribution in [-0.4, -0.2) is 31.8 Å². The fourth-order valence-corrected chi connectivity index (χ4v) is 4.51. The van der Waals surface area contributed by atoms with Crippen LogP contribution in [0.2, 0.25) is 0 Å². The maximum atomic E-state index is 14.1. The van der Waals surface area contributed by atoms with Crippen molar-refractivity contribution >= 4 is 22.5 Å². The van der Waals surface area contributed by atoms with Crippen molar-refractivity contribution in [3.63, 3.8) is 0 Å². The van der Waals surface area contributed by atoms with Crippen molar-refractivity contribution in [2.75, 3.05) is 12.8 Å². The Hall–Kier alpha value is -3.26. The topological polar surface area (TPSA) is 98.6 Å². The number of aromatic nitrogens is 4. The molecule has 2 aromatic carbocycles. The van der Waals surface area contributed by atoms with Gasteiger partial charge < -0.3 is 15.6 Å². The van der Waals surface area contributed by atoms with Crippen molar-refractivity contribution in [3.05, 3.63) is 59.2 Å². The van der Waals surface area contributed by atoms with Gasteiger partial charge in [0, 0.05) is 12.0 Å². The van der Waals surface area contributed by atoms with E-state index in [4.69, 9.17) is 15.5 Å². The number of aliphatic hydroxyl groups is 1. The first kappa shape index (κ1) is 19.7. The van der Waals surface area contributed by atoms with Crippen LogP contribution in [-0.2, 0) is 5.60 Å². The number of hydrogen-bond donors (Lipinski definition) is 2. The van der Waals surface area contributed by atoms with Crippen LogP contribution in [0.3, 0.4) is 0 Å². The van der Waals surface area contributed by atoms with Crippen LogP contribution in [0.25, 0.3) is 16.6 Å². The number of benzene rings is 2. The summed E-state index contributed by atoms with van der Waals surface area (Å²) in [7, 11) is 1.46. The maximum absolute atomic E-state index is 14.1. The molecule has 0 spiro atoms. The Balaban J connectivity index is 1.50. The highest BCUT2D eigenvalue weighted by atomic mass is 19.1. The van der Waals surface area contributed by atoms with Gasteiger partial charge in [0.1, 0.15) is 17.1 Å². The lowest BCUT2D eigenvalue weighted by molar-refractivity contribution is 0.0763. The number of anilines is 1. The van der Waals surface area contributed by atoms with E-state index in [1.807, 2.05) is 18.2 Å². The van der Waals surface area contributed by atoms with E-state index in [-0.39, 0.29) is 11.9 Å². The second-order valence-electron chi connectivity index (χ2n) is 8.69. The van der Waals surface area contributed by atoms with Gasteiger partial charge in [-0.15, -0.1) is 5.10 Å². The molecule has 0 saturated heterocycles. The molecule has 0 atom stereocenters. The molecule has 8 heteroatoms. The molecule has 3 N–H and O–H groups in total. The number of ether oxygens (including phenoxy) is 1. The number of methoxy groups -OCH3 is 1. The van der Waals surface area contributed by atoms with Crippen LogP contribution >= 0.6 is 0 Å². The minimum Gasteiger partial charge on any atom is -0.494 e. The predicted molar refractivity (Wildman–Crippen MR) is 116 cm³/mol. The number of nitrogen functional groups attached to an aromatic ring is 1. The van der Waals surface area contributed by atoms with E-state index in [2.05, 4.69) is 16.1 Å². The molecule has 0 amide bonds. The first-order chi connectivity index (χ1) is 14.8. The quantitative estimate of drug-likeness (QED) is 0.519. The highest BCUT2D eigenvalue weighted by Gasteiger charge is 2.37. The Kier molecular flexibility index (Phi) is 4.37. The molecule has 31 heavy (non-hydrogen) atoms. The summed E-state index contributed by atoms with van der Waals surface area (Å²) in [6.45, 7) is 3.61.